The van der Waals surface area contributed by atoms with Gasteiger partial charge in [-0.25, -0.2) is 4.98 Å². The van der Waals surface area contributed by atoms with Crippen LogP contribution in [0.2, 0.25) is 4.34 Å². The normalized spacial score (nSPS) is 10.7. The molecule has 1 aromatic carbocycles. The average Bonchev–Trinajstić information content (AvgIpc) is 3.35. The number of aromatic nitrogens is 1. The third-order valence-corrected chi connectivity index (χ3v) is 5.35. The molecule has 0 spiro atoms. The molecular weight excluding hydrogens is 396 g/mol. The van der Waals surface area contributed by atoms with Gasteiger partial charge in [0.2, 0.25) is 5.89 Å². The van der Waals surface area contributed by atoms with E-state index in [0.29, 0.717) is 26.6 Å². The van der Waals surface area contributed by atoms with Crippen LogP contribution in [0.3, 0.4) is 0 Å². The molecule has 0 fully saturated rings. The van der Waals surface area contributed by atoms with E-state index in [0.717, 1.165) is 24.1 Å². The number of carbonyl (C=O) groups excluding carboxylic acids is 1. The molecule has 28 heavy (non-hydrogen) atoms. The van der Waals surface area contributed by atoms with Gasteiger partial charge in [-0.3, -0.25) is 10.2 Å². The van der Waals surface area contributed by atoms with Crippen LogP contribution in [0.15, 0.2) is 47.1 Å². The van der Waals surface area contributed by atoms with E-state index < -0.39 is 0 Å². The van der Waals surface area contributed by atoms with Crippen LogP contribution in [0.5, 0.6) is 0 Å². The highest BCUT2D eigenvalue weighted by molar-refractivity contribution is 7.17. The number of rotatable bonds is 7. The molecule has 0 atom stereocenters. The highest BCUT2D eigenvalue weighted by Crippen LogP contribution is 2.22. The van der Waals surface area contributed by atoms with E-state index in [1.54, 1.807) is 12.1 Å². The van der Waals surface area contributed by atoms with Crippen molar-refractivity contribution in [3.8, 4) is 11.5 Å². The molecule has 8 heteroatoms. The number of nitrogens with one attached hydrogen (secondary N) is 2. The summed E-state index contributed by atoms with van der Waals surface area (Å²) < 4.78 is 6.11. The van der Waals surface area contributed by atoms with Gasteiger partial charge in [-0.1, -0.05) is 30.7 Å². The van der Waals surface area contributed by atoms with E-state index in [9.17, 15) is 4.79 Å². The van der Waals surface area contributed by atoms with Crippen molar-refractivity contribution >= 4 is 34.7 Å². The molecule has 146 valence electrons. The lowest BCUT2D eigenvalue weighted by molar-refractivity contribution is 0.0954. The summed E-state index contributed by atoms with van der Waals surface area (Å²) in [6.45, 7) is 3.19. The molecule has 0 aliphatic rings. The van der Waals surface area contributed by atoms with Crippen molar-refractivity contribution in [2.45, 2.75) is 19.9 Å². The van der Waals surface area contributed by atoms with Crippen LogP contribution < -0.4 is 5.32 Å². The molecule has 6 nitrogen and oxygen atoms in total. The Labute approximate surface area is 172 Å². The lowest BCUT2D eigenvalue weighted by Gasteiger charge is -2.19. The first-order valence-electron chi connectivity index (χ1n) is 8.86. The molecule has 0 aliphatic heterocycles. The van der Waals surface area contributed by atoms with Crippen LogP contribution in [-0.4, -0.2) is 35.2 Å². The molecule has 2 aromatic heterocycles. The lowest BCUT2D eigenvalue weighted by Crippen LogP contribution is -2.27. The van der Waals surface area contributed by atoms with E-state index in [4.69, 9.17) is 21.4 Å². The van der Waals surface area contributed by atoms with Gasteiger partial charge in [0.05, 0.1) is 21.5 Å². The van der Waals surface area contributed by atoms with Gasteiger partial charge in [0.25, 0.3) is 5.91 Å². The van der Waals surface area contributed by atoms with Crippen LogP contribution >= 0.6 is 22.9 Å². The number of oxazole rings is 1. The third kappa shape index (κ3) is 4.79. The van der Waals surface area contributed by atoms with E-state index in [1.807, 2.05) is 36.2 Å². The van der Waals surface area contributed by atoms with Crippen LogP contribution in [0.4, 0.5) is 0 Å². The number of benzene rings is 1. The predicted octanol–water partition coefficient (Wildman–Crippen LogP) is 4.65. The first-order valence-corrected chi connectivity index (χ1v) is 10.1. The Hall–Kier alpha value is -2.64. The Morgan fingerprint density at radius 3 is 2.68 bits per heavy atom. The van der Waals surface area contributed by atoms with Gasteiger partial charge < -0.3 is 14.6 Å². The summed E-state index contributed by atoms with van der Waals surface area (Å²) >= 11 is 7.08. The Morgan fingerprint density at radius 1 is 1.29 bits per heavy atom. The number of halogens is 1. The number of thiophene rings is 1. The Kier molecular flexibility index (Phi) is 6.49. The monoisotopic (exact) mass is 416 g/mol. The van der Waals surface area contributed by atoms with Gasteiger partial charge in [0.15, 0.2) is 0 Å². The minimum atomic E-state index is -0.194. The first-order chi connectivity index (χ1) is 13.5. The Morgan fingerprint density at radius 2 is 2.04 bits per heavy atom. The number of hydrogen-bond donors (Lipinski definition) is 2. The average molecular weight is 417 g/mol. The van der Waals surface area contributed by atoms with Crippen LogP contribution in [0, 0.1) is 5.41 Å². The second-order valence-electron chi connectivity index (χ2n) is 6.28. The summed E-state index contributed by atoms with van der Waals surface area (Å²) in [6.07, 6.45) is 2.52. The highest BCUT2D eigenvalue weighted by Gasteiger charge is 2.12. The summed E-state index contributed by atoms with van der Waals surface area (Å²) in [5.41, 5.74) is 2.29. The molecule has 0 saturated heterocycles. The summed E-state index contributed by atoms with van der Waals surface area (Å²) in [5, 5.41) is 11.0. The molecule has 0 saturated carbocycles. The van der Waals surface area contributed by atoms with Crippen molar-refractivity contribution in [1.29, 1.82) is 5.41 Å². The van der Waals surface area contributed by atoms with Gasteiger partial charge >= 0.3 is 0 Å². The zero-order chi connectivity index (χ0) is 20.1. The first kappa shape index (κ1) is 20.1. The number of nitrogens with zero attached hydrogens (tertiary/aromatic N) is 2. The predicted molar refractivity (Wildman–Crippen MR) is 112 cm³/mol. The number of hydrogen-bond acceptors (Lipinski definition) is 5. The van der Waals surface area contributed by atoms with Crippen molar-refractivity contribution in [3.63, 3.8) is 0 Å². The maximum absolute atomic E-state index is 12.1. The van der Waals surface area contributed by atoms with E-state index in [1.165, 1.54) is 17.6 Å². The molecule has 0 unspecified atom stereocenters. The minimum Gasteiger partial charge on any atom is -0.444 e. The van der Waals surface area contributed by atoms with E-state index in [2.05, 4.69) is 17.2 Å². The summed E-state index contributed by atoms with van der Waals surface area (Å²) in [6, 6.07) is 10.9. The van der Waals surface area contributed by atoms with Gasteiger partial charge in [-0.2, -0.15) is 0 Å². The summed E-state index contributed by atoms with van der Waals surface area (Å²) in [7, 11) is 1.92. The SMILES string of the molecule is CCCN(C)C(=N)c1ccc(-c2nc(CNC(=O)c3ccc(Cl)s3)co2)cc1. The van der Waals surface area contributed by atoms with Crippen molar-refractivity contribution in [1.82, 2.24) is 15.2 Å². The summed E-state index contributed by atoms with van der Waals surface area (Å²) in [5.74, 6) is 0.766. The van der Waals surface area contributed by atoms with E-state index in [-0.39, 0.29) is 12.5 Å². The Balaban J connectivity index is 1.62. The third-order valence-electron chi connectivity index (χ3n) is 4.12. The van der Waals surface area contributed by atoms with Crippen molar-refractivity contribution < 1.29 is 9.21 Å². The zero-order valence-electron chi connectivity index (χ0n) is 15.7. The fourth-order valence-corrected chi connectivity index (χ4v) is 3.61. The molecule has 0 bridgehead atoms. The smallest absolute Gasteiger partial charge is 0.261 e. The Bertz CT molecular complexity index is 965. The zero-order valence-corrected chi connectivity index (χ0v) is 17.2. The number of carbonyl (C=O) groups is 1. The molecule has 3 aromatic rings. The van der Waals surface area contributed by atoms with Crippen LogP contribution in [-0.2, 0) is 6.54 Å². The van der Waals surface area contributed by atoms with Crippen LogP contribution in [0.25, 0.3) is 11.5 Å². The largest absolute Gasteiger partial charge is 0.444 e. The summed E-state index contributed by atoms with van der Waals surface area (Å²) in [4.78, 5) is 19.0. The van der Waals surface area contributed by atoms with E-state index >= 15 is 0 Å². The van der Waals surface area contributed by atoms with Crippen LogP contribution in [0.1, 0.15) is 34.3 Å². The standard InChI is InChI=1S/C20H21ClN4O2S/c1-3-10-25(2)18(22)13-4-6-14(7-5-13)20-24-15(12-27-20)11-23-19(26)16-8-9-17(21)28-16/h4-9,12,22H,3,10-11H2,1-2H3,(H,23,26). The minimum absolute atomic E-state index is 0.194. The molecular formula is C20H21ClN4O2S. The maximum atomic E-state index is 12.1. The quantitative estimate of drug-likeness (QED) is 0.433. The van der Waals surface area contributed by atoms with Gasteiger partial charge in [-0.15, -0.1) is 11.3 Å². The lowest BCUT2D eigenvalue weighted by atomic mass is 10.1. The van der Waals surface area contributed by atoms with Crippen molar-refractivity contribution in [2.75, 3.05) is 13.6 Å². The fraction of sp³-hybridized carbons (Fsp3) is 0.250. The van der Waals surface area contributed by atoms with Crippen molar-refractivity contribution in [2.24, 2.45) is 0 Å². The second kappa shape index (κ2) is 9.03. The maximum Gasteiger partial charge on any atom is 0.261 e. The number of amides is 1. The van der Waals surface area contributed by atoms with Gasteiger partial charge in [-0.05, 0) is 30.7 Å². The topological polar surface area (TPSA) is 82.2 Å². The number of amidine groups is 1. The van der Waals surface area contributed by atoms with Gasteiger partial charge in [0.1, 0.15) is 12.1 Å². The van der Waals surface area contributed by atoms with Crippen molar-refractivity contribution in [3.05, 3.63) is 63.1 Å². The molecule has 3 rings (SSSR count). The fourth-order valence-electron chi connectivity index (χ4n) is 2.65. The molecule has 2 N–H and O–H groups in total. The second-order valence-corrected chi connectivity index (χ2v) is 7.99. The highest BCUT2D eigenvalue weighted by atomic mass is 35.5. The molecule has 0 aliphatic carbocycles. The molecule has 1 amide bonds. The van der Waals surface area contributed by atoms with Gasteiger partial charge in [0, 0.05) is 24.7 Å². The molecule has 0 radical (unpaired) electrons. The molecule has 2 heterocycles.